The number of likely N-dealkylation sites (tertiary alicyclic amines) is 1. The van der Waals surface area contributed by atoms with Crippen molar-refractivity contribution >= 4 is 29.1 Å². The van der Waals surface area contributed by atoms with Gasteiger partial charge in [0, 0.05) is 23.7 Å². The maximum absolute atomic E-state index is 12.8. The summed E-state index contributed by atoms with van der Waals surface area (Å²) in [6, 6.07) is 15.2. The van der Waals surface area contributed by atoms with E-state index in [4.69, 9.17) is 11.6 Å². The maximum Gasteiger partial charge on any atom is 0.295 e. The summed E-state index contributed by atoms with van der Waals surface area (Å²) in [5.74, 6) is -1.46. The van der Waals surface area contributed by atoms with Crippen LogP contribution in [-0.4, -0.2) is 53.8 Å². The zero-order valence-corrected chi connectivity index (χ0v) is 16.0. The van der Waals surface area contributed by atoms with Crippen LogP contribution in [0.15, 0.2) is 60.2 Å². The molecule has 0 saturated carbocycles. The van der Waals surface area contributed by atoms with E-state index in [1.54, 1.807) is 24.3 Å². The zero-order valence-electron chi connectivity index (χ0n) is 15.2. The highest BCUT2D eigenvalue weighted by Gasteiger charge is 2.45. The molecule has 1 aliphatic rings. The van der Waals surface area contributed by atoms with Gasteiger partial charge in [-0.1, -0.05) is 41.9 Å². The second-order valence-electron chi connectivity index (χ2n) is 6.71. The average Bonchev–Trinajstić information content (AvgIpc) is 2.91. The van der Waals surface area contributed by atoms with Crippen molar-refractivity contribution in [3.8, 4) is 0 Å². The summed E-state index contributed by atoms with van der Waals surface area (Å²) in [6.45, 7) is 0.992. The summed E-state index contributed by atoms with van der Waals surface area (Å²) in [5, 5.41) is 11.4. The van der Waals surface area contributed by atoms with Gasteiger partial charge in [0.2, 0.25) is 0 Å². The normalized spacial score (nSPS) is 19.1. The van der Waals surface area contributed by atoms with Crippen molar-refractivity contribution in [2.24, 2.45) is 0 Å². The van der Waals surface area contributed by atoms with Gasteiger partial charge in [-0.25, -0.2) is 0 Å². The molecule has 0 bridgehead atoms. The minimum atomic E-state index is -0.671. The predicted octanol–water partition coefficient (Wildman–Crippen LogP) is 3.32. The summed E-state index contributed by atoms with van der Waals surface area (Å²) in [4.78, 5) is 28.9. The Morgan fingerprint density at radius 1 is 1.07 bits per heavy atom. The Morgan fingerprint density at radius 2 is 1.70 bits per heavy atom. The second kappa shape index (κ2) is 7.94. The van der Waals surface area contributed by atoms with Crippen molar-refractivity contribution in [2.75, 3.05) is 27.2 Å². The number of amides is 1. The summed E-state index contributed by atoms with van der Waals surface area (Å²) in [7, 11) is 3.81. The van der Waals surface area contributed by atoms with E-state index >= 15 is 0 Å². The van der Waals surface area contributed by atoms with E-state index in [0.29, 0.717) is 23.7 Å². The van der Waals surface area contributed by atoms with Crippen LogP contribution in [0.25, 0.3) is 5.76 Å². The molecule has 2 aromatic carbocycles. The molecule has 6 heteroatoms. The highest BCUT2D eigenvalue weighted by atomic mass is 35.5. The van der Waals surface area contributed by atoms with Gasteiger partial charge in [0.1, 0.15) is 5.76 Å². The van der Waals surface area contributed by atoms with Gasteiger partial charge in [-0.15, -0.1) is 0 Å². The first-order chi connectivity index (χ1) is 12.9. The lowest BCUT2D eigenvalue weighted by molar-refractivity contribution is -0.140. The Bertz CT molecular complexity index is 876. The Labute approximate surface area is 163 Å². The van der Waals surface area contributed by atoms with Crippen LogP contribution in [0.5, 0.6) is 0 Å². The SMILES string of the molecule is CN(C)CCN1C(=O)C(=O)C(=C(O)c2ccc(Cl)cc2)[C@@H]1c1ccccc1. The Balaban J connectivity index is 2.12. The van der Waals surface area contributed by atoms with Gasteiger partial charge in [0.05, 0.1) is 11.6 Å². The van der Waals surface area contributed by atoms with Crippen molar-refractivity contribution in [1.29, 1.82) is 0 Å². The van der Waals surface area contributed by atoms with E-state index in [0.717, 1.165) is 5.56 Å². The molecule has 1 atom stereocenters. The highest BCUT2D eigenvalue weighted by molar-refractivity contribution is 6.46. The minimum Gasteiger partial charge on any atom is -0.507 e. The summed E-state index contributed by atoms with van der Waals surface area (Å²) < 4.78 is 0. The van der Waals surface area contributed by atoms with Crippen molar-refractivity contribution in [3.05, 3.63) is 76.3 Å². The molecule has 1 heterocycles. The number of carbonyl (C=O) groups excluding carboxylic acids is 2. The predicted molar refractivity (Wildman–Crippen MR) is 105 cm³/mol. The Morgan fingerprint density at radius 3 is 2.30 bits per heavy atom. The van der Waals surface area contributed by atoms with Crippen LogP contribution in [0.2, 0.25) is 5.02 Å². The van der Waals surface area contributed by atoms with Gasteiger partial charge in [-0.05, 0) is 43.9 Å². The highest BCUT2D eigenvalue weighted by Crippen LogP contribution is 2.39. The molecule has 0 aromatic heterocycles. The molecule has 1 fully saturated rings. The fraction of sp³-hybridized carbons (Fsp3) is 0.238. The van der Waals surface area contributed by atoms with E-state index in [-0.39, 0.29) is 11.3 Å². The molecule has 1 aliphatic heterocycles. The molecule has 1 N–H and O–H groups in total. The topological polar surface area (TPSA) is 60.9 Å². The molecule has 0 spiro atoms. The summed E-state index contributed by atoms with van der Waals surface area (Å²) in [6.07, 6.45) is 0. The van der Waals surface area contributed by atoms with Crippen LogP contribution < -0.4 is 0 Å². The number of aliphatic hydroxyl groups is 1. The van der Waals surface area contributed by atoms with Gasteiger partial charge in [-0.2, -0.15) is 0 Å². The molecule has 3 rings (SSSR count). The van der Waals surface area contributed by atoms with E-state index in [1.807, 2.05) is 49.3 Å². The van der Waals surface area contributed by atoms with Crippen LogP contribution in [0.1, 0.15) is 17.2 Å². The van der Waals surface area contributed by atoms with E-state index in [9.17, 15) is 14.7 Å². The number of Topliss-reactive ketones (excluding diaryl/α,β-unsaturated/α-hetero) is 1. The monoisotopic (exact) mass is 384 g/mol. The van der Waals surface area contributed by atoms with Crippen molar-refractivity contribution < 1.29 is 14.7 Å². The number of aliphatic hydroxyl groups excluding tert-OH is 1. The maximum atomic E-state index is 12.8. The Kier molecular flexibility index (Phi) is 5.63. The standard InChI is InChI=1S/C21H21ClN2O3/c1-23(2)12-13-24-18(14-6-4-3-5-7-14)17(20(26)21(24)27)19(25)15-8-10-16(22)11-9-15/h3-11,18,25H,12-13H2,1-2H3/t18-/m0/s1. The number of carbonyl (C=O) groups is 2. The number of halogens is 1. The largest absolute Gasteiger partial charge is 0.507 e. The van der Waals surface area contributed by atoms with Crippen LogP contribution in [0.4, 0.5) is 0 Å². The number of hydrogen-bond donors (Lipinski definition) is 1. The third-order valence-corrected chi connectivity index (χ3v) is 4.81. The molecule has 1 saturated heterocycles. The fourth-order valence-electron chi connectivity index (χ4n) is 3.16. The lowest BCUT2D eigenvalue weighted by atomic mass is 9.95. The number of benzene rings is 2. The van der Waals surface area contributed by atoms with Crippen LogP contribution >= 0.6 is 11.6 Å². The number of hydrogen-bond acceptors (Lipinski definition) is 4. The molecule has 0 aliphatic carbocycles. The second-order valence-corrected chi connectivity index (χ2v) is 7.15. The zero-order chi connectivity index (χ0) is 19.6. The van der Waals surface area contributed by atoms with Gasteiger partial charge >= 0.3 is 0 Å². The number of nitrogens with zero attached hydrogens (tertiary/aromatic N) is 2. The minimum absolute atomic E-state index is 0.104. The van der Waals surface area contributed by atoms with Gasteiger partial charge in [0.25, 0.3) is 11.7 Å². The molecule has 0 unspecified atom stereocenters. The van der Waals surface area contributed by atoms with E-state index < -0.39 is 17.7 Å². The van der Waals surface area contributed by atoms with Gasteiger partial charge in [0.15, 0.2) is 0 Å². The van der Waals surface area contributed by atoms with Crippen molar-refractivity contribution in [1.82, 2.24) is 9.80 Å². The fourth-order valence-corrected chi connectivity index (χ4v) is 3.29. The van der Waals surface area contributed by atoms with E-state index in [2.05, 4.69) is 0 Å². The quantitative estimate of drug-likeness (QED) is 0.488. The molecule has 1 amide bonds. The third-order valence-electron chi connectivity index (χ3n) is 4.56. The number of rotatable bonds is 5. The summed E-state index contributed by atoms with van der Waals surface area (Å²) >= 11 is 5.91. The average molecular weight is 385 g/mol. The first-order valence-electron chi connectivity index (χ1n) is 8.64. The van der Waals surface area contributed by atoms with E-state index in [1.165, 1.54) is 4.90 Å². The molecule has 0 radical (unpaired) electrons. The molecule has 5 nitrogen and oxygen atoms in total. The molecule has 140 valence electrons. The number of ketones is 1. The van der Waals surface area contributed by atoms with Crippen LogP contribution in [0, 0.1) is 0 Å². The van der Waals surface area contributed by atoms with Gasteiger partial charge in [-0.3, -0.25) is 9.59 Å². The smallest absolute Gasteiger partial charge is 0.295 e. The van der Waals surface area contributed by atoms with Gasteiger partial charge < -0.3 is 14.9 Å². The molecular weight excluding hydrogens is 364 g/mol. The van der Waals surface area contributed by atoms with Crippen LogP contribution in [-0.2, 0) is 9.59 Å². The first kappa shape index (κ1) is 19.1. The number of likely N-dealkylation sites (N-methyl/N-ethyl adjacent to an activating group) is 1. The first-order valence-corrected chi connectivity index (χ1v) is 9.02. The molecule has 27 heavy (non-hydrogen) atoms. The van der Waals surface area contributed by atoms with Crippen LogP contribution in [0.3, 0.4) is 0 Å². The lowest BCUT2D eigenvalue weighted by Gasteiger charge is -2.26. The summed E-state index contributed by atoms with van der Waals surface area (Å²) in [5.41, 5.74) is 1.34. The van der Waals surface area contributed by atoms with Crippen molar-refractivity contribution in [3.63, 3.8) is 0 Å². The Hall–Kier alpha value is -2.63. The third kappa shape index (κ3) is 3.89. The molecule has 2 aromatic rings. The van der Waals surface area contributed by atoms with Crippen molar-refractivity contribution in [2.45, 2.75) is 6.04 Å². The lowest BCUT2D eigenvalue weighted by Crippen LogP contribution is -2.35. The molecular formula is C21H21ClN2O3.